The molecular weight excluding hydrogens is 269 g/mol. The van der Waals surface area contributed by atoms with Crippen molar-refractivity contribution in [3.63, 3.8) is 0 Å². The molecule has 4 nitrogen and oxygen atoms in total. The lowest BCUT2D eigenvalue weighted by molar-refractivity contribution is 0.120. The Bertz CT molecular complexity index is 333. The molecule has 12 heavy (non-hydrogen) atoms. The van der Waals surface area contributed by atoms with E-state index in [4.69, 9.17) is 0 Å². The van der Waals surface area contributed by atoms with Crippen molar-refractivity contribution in [3.8, 4) is 0 Å². The summed E-state index contributed by atoms with van der Waals surface area (Å²) in [5.74, 6) is 0.757. The van der Waals surface area contributed by atoms with Crippen molar-refractivity contribution in [1.82, 2.24) is 8.10 Å². The standard InChI is InChI=1S/C7H8IN3O/c1-4-2-5-6(10-4)9-3-11(8)7(5)12/h2-3,7,10,12H,1H3. The van der Waals surface area contributed by atoms with Crippen molar-refractivity contribution in [1.29, 1.82) is 0 Å². The van der Waals surface area contributed by atoms with Gasteiger partial charge in [-0.1, -0.05) is 0 Å². The van der Waals surface area contributed by atoms with Crippen molar-refractivity contribution in [2.75, 3.05) is 0 Å². The number of aryl methyl sites for hydroxylation is 1. The summed E-state index contributed by atoms with van der Waals surface area (Å²) in [6, 6.07) is 1.90. The number of hydrogen-bond donors (Lipinski definition) is 2. The largest absolute Gasteiger partial charge is 0.368 e. The van der Waals surface area contributed by atoms with E-state index in [0.29, 0.717) is 0 Å². The molecule has 5 heteroatoms. The second-order valence-electron chi connectivity index (χ2n) is 2.72. The number of aromatic amines is 1. The fraction of sp³-hybridized carbons (Fsp3) is 0.286. The van der Waals surface area contributed by atoms with Crippen molar-refractivity contribution < 1.29 is 5.11 Å². The Labute approximate surface area is 83.8 Å². The molecule has 0 aromatic carbocycles. The monoisotopic (exact) mass is 277 g/mol. The van der Waals surface area contributed by atoms with Gasteiger partial charge in [-0.15, -0.1) is 0 Å². The molecule has 0 bridgehead atoms. The van der Waals surface area contributed by atoms with Crippen molar-refractivity contribution in [2.45, 2.75) is 13.2 Å². The third-order valence-corrected chi connectivity index (χ3v) is 2.55. The van der Waals surface area contributed by atoms with Crippen LogP contribution < -0.4 is 0 Å². The van der Waals surface area contributed by atoms with Gasteiger partial charge in [0, 0.05) is 11.3 Å². The summed E-state index contributed by atoms with van der Waals surface area (Å²) in [5.41, 5.74) is 1.85. The van der Waals surface area contributed by atoms with Crippen molar-refractivity contribution >= 4 is 35.0 Å². The van der Waals surface area contributed by atoms with Crippen LogP contribution in [0.3, 0.4) is 0 Å². The van der Waals surface area contributed by atoms with Gasteiger partial charge in [-0.3, -0.25) is 3.11 Å². The highest BCUT2D eigenvalue weighted by atomic mass is 127. The van der Waals surface area contributed by atoms with Crippen LogP contribution in [0.25, 0.3) is 0 Å². The van der Waals surface area contributed by atoms with Gasteiger partial charge in [0.15, 0.2) is 6.23 Å². The molecule has 0 saturated carbocycles. The summed E-state index contributed by atoms with van der Waals surface area (Å²) in [4.78, 5) is 7.18. The summed E-state index contributed by atoms with van der Waals surface area (Å²) in [7, 11) is 0. The van der Waals surface area contributed by atoms with E-state index in [1.54, 1.807) is 9.45 Å². The van der Waals surface area contributed by atoms with E-state index < -0.39 is 6.23 Å². The van der Waals surface area contributed by atoms with E-state index in [1.165, 1.54) is 0 Å². The lowest BCUT2D eigenvalue weighted by Crippen LogP contribution is -2.18. The Hall–Kier alpha value is -0.560. The van der Waals surface area contributed by atoms with Crippen LogP contribution in [0.5, 0.6) is 0 Å². The first-order valence-electron chi connectivity index (χ1n) is 3.54. The Morgan fingerprint density at radius 3 is 3.25 bits per heavy atom. The molecule has 64 valence electrons. The zero-order chi connectivity index (χ0) is 8.72. The number of aliphatic hydroxyl groups is 1. The highest BCUT2D eigenvalue weighted by Crippen LogP contribution is 2.32. The Kier molecular flexibility index (Phi) is 1.84. The summed E-state index contributed by atoms with van der Waals surface area (Å²) < 4.78 is 1.63. The van der Waals surface area contributed by atoms with E-state index in [2.05, 4.69) is 9.98 Å². The maximum absolute atomic E-state index is 9.65. The van der Waals surface area contributed by atoms with E-state index in [-0.39, 0.29) is 0 Å². The third kappa shape index (κ3) is 1.13. The van der Waals surface area contributed by atoms with Gasteiger partial charge in [-0.05, 0) is 13.0 Å². The Morgan fingerprint density at radius 2 is 2.50 bits per heavy atom. The van der Waals surface area contributed by atoms with E-state index in [0.717, 1.165) is 17.1 Å². The van der Waals surface area contributed by atoms with Crippen LogP contribution in [0.4, 0.5) is 5.82 Å². The average molecular weight is 277 g/mol. The number of aliphatic hydroxyl groups excluding tert-OH is 1. The summed E-state index contributed by atoms with van der Waals surface area (Å²) in [6.45, 7) is 1.94. The van der Waals surface area contributed by atoms with Gasteiger partial charge in [0.1, 0.15) is 12.2 Å². The predicted molar refractivity (Wildman–Crippen MR) is 54.5 cm³/mol. The van der Waals surface area contributed by atoms with Crippen molar-refractivity contribution in [3.05, 3.63) is 17.3 Å². The van der Waals surface area contributed by atoms with Crippen LogP contribution in [-0.2, 0) is 0 Å². The lowest BCUT2D eigenvalue weighted by atomic mass is 10.2. The van der Waals surface area contributed by atoms with Crippen LogP contribution in [0.2, 0.25) is 0 Å². The molecule has 1 aliphatic heterocycles. The molecule has 2 rings (SSSR count). The molecule has 0 spiro atoms. The smallest absolute Gasteiger partial charge is 0.166 e. The second-order valence-corrected chi connectivity index (χ2v) is 3.83. The van der Waals surface area contributed by atoms with Gasteiger partial charge in [0.2, 0.25) is 0 Å². The molecule has 0 fully saturated rings. The van der Waals surface area contributed by atoms with E-state index in [1.807, 2.05) is 35.9 Å². The number of rotatable bonds is 0. The highest BCUT2D eigenvalue weighted by Gasteiger charge is 2.21. The number of fused-ring (bicyclic) bond motifs is 1. The molecule has 1 aromatic heterocycles. The molecule has 1 aliphatic rings. The Morgan fingerprint density at radius 1 is 1.75 bits per heavy atom. The first kappa shape index (κ1) is 8.06. The predicted octanol–water partition coefficient (Wildman–Crippen LogP) is 1.64. The van der Waals surface area contributed by atoms with Gasteiger partial charge in [0.05, 0.1) is 22.9 Å². The molecule has 1 aromatic rings. The fourth-order valence-electron chi connectivity index (χ4n) is 1.21. The second kappa shape index (κ2) is 2.74. The molecule has 0 amide bonds. The van der Waals surface area contributed by atoms with E-state index in [9.17, 15) is 5.11 Å². The van der Waals surface area contributed by atoms with Crippen LogP contribution >= 0.6 is 22.9 Å². The molecule has 1 atom stereocenters. The minimum absolute atomic E-state index is 0.581. The molecular formula is C7H8IN3O. The SMILES string of the molecule is Cc1cc2c([nH]1)N=CN(I)C2O. The molecule has 0 saturated heterocycles. The normalized spacial score (nSPS) is 21.2. The quantitative estimate of drug-likeness (QED) is 0.559. The van der Waals surface area contributed by atoms with Gasteiger partial charge in [0.25, 0.3) is 0 Å². The van der Waals surface area contributed by atoms with Gasteiger partial charge < -0.3 is 10.1 Å². The fourth-order valence-corrected chi connectivity index (χ4v) is 1.63. The molecule has 0 radical (unpaired) electrons. The first-order valence-corrected chi connectivity index (χ1v) is 4.51. The van der Waals surface area contributed by atoms with Crippen LogP contribution in [-0.4, -0.2) is 19.5 Å². The number of nitrogens with zero attached hydrogens (tertiary/aromatic N) is 2. The van der Waals surface area contributed by atoms with Gasteiger partial charge in [-0.2, -0.15) is 0 Å². The maximum Gasteiger partial charge on any atom is 0.166 e. The molecule has 1 unspecified atom stereocenters. The molecule has 0 aliphatic carbocycles. The topological polar surface area (TPSA) is 51.6 Å². The summed E-state index contributed by atoms with van der Waals surface area (Å²) in [6.07, 6.45) is 1.02. The van der Waals surface area contributed by atoms with Crippen LogP contribution in [0, 0.1) is 6.92 Å². The minimum atomic E-state index is -0.581. The highest BCUT2D eigenvalue weighted by molar-refractivity contribution is 14.1. The van der Waals surface area contributed by atoms with Crippen LogP contribution in [0.15, 0.2) is 11.1 Å². The van der Waals surface area contributed by atoms with E-state index >= 15 is 0 Å². The molecule has 2 N–H and O–H groups in total. The van der Waals surface area contributed by atoms with Crippen LogP contribution in [0.1, 0.15) is 17.5 Å². The first-order chi connectivity index (χ1) is 5.68. The minimum Gasteiger partial charge on any atom is -0.368 e. The zero-order valence-corrected chi connectivity index (χ0v) is 8.61. The number of halogens is 1. The summed E-state index contributed by atoms with van der Waals surface area (Å²) >= 11 is 2.01. The zero-order valence-electron chi connectivity index (χ0n) is 6.45. The van der Waals surface area contributed by atoms with Crippen molar-refractivity contribution in [2.24, 2.45) is 4.99 Å². The number of H-pyrrole nitrogens is 1. The maximum atomic E-state index is 9.65. The number of nitrogens with one attached hydrogen (secondary N) is 1. The van der Waals surface area contributed by atoms with Gasteiger partial charge in [-0.25, -0.2) is 4.99 Å². The molecule has 2 heterocycles. The Balaban J connectivity index is 2.50. The number of aliphatic imine (C=N–C) groups is 1. The number of hydrogen-bond acceptors (Lipinski definition) is 3. The van der Waals surface area contributed by atoms with Gasteiger partial charge >= 0.3 is 0 Å². The number of aromatic nitrogens is 1. The average Bonchev–Trinajstić information content (AvgIpc) is 2.39. The lowest BCUT2D eigenvalue weighted by Gasteiger charge is -2.21. The summed E-state index contributed by atoms with van der Waals surface area (Å²) in [5, 5.41) is 9.65. The third-order valence-electron chi connectivity index (χ3n) is 1.77.